The van der Waals surface area contributed by atoms with Crippen LogP contribution >= 0.6 is 0 Å². The van der Waals surface area contributed by atoms with Gasteiger partial charge in [-0.25, -0.2) is 0 Å². The van der Waals surface area contributed by atoms with E-state index in [-0.39, 0.29) is 6.04 Å². The van der Waals surface area contributed by atoms with Crippen LogP contribution in [0.1, 0.15) is 24.9 Å². The molecule has 0 radical (unpaired) electrons. The molecule has 0 aliphatic heterocycles. The third kappa shape index (κ3) is 1.91. The van der Waals surface area contributed by atoms with E-state index in [1.165, 1.54) is 0 Å². The highest BCUT2D eigenvalue weighted by molar-refractivity contribution is 5.37. The van der Waals surface area contributed by atoms with Crippen molar-refractivity contribution in [1.29, 1.82) is 0 Å². The van der Waals surface area contributed by atoms with Crippen LogP contribution in [0.3, 0.4) is 0 Å². The zero-order valence-electron chi connectivity index (χ0n) is 6.62. The predicted octanol–water partition coefficient (Wildman–Crippen LogP) is 1.07. The normalized spacial score (nSPS) is 12.9. The van der Waals surface area contributed by atoms with Crippen LogP contribution in [0.4, 0.5) is 5.69 Å². The zero-order chi connectivity index (χ0) is 8.27. The molecule has 0 aromatic carbocycles. The average Bonchev–Trinajstić information content (AvgIpc) is 2.03. The molecular weight excluding hydrogens is 138 g/mol. The Bertz CT molecular complexity index is 235. The molecule has 11 heavy (non-hydrogen) atoms. The number of anilines is 1. The van der Waals surface area contributed by atoms with E-state index < -0.39 is 0 Å². The Hall–Kier alpha value is -1.09. The molecule has 0 fully saturated rings. The number of rotatable bonds is 2. The predicted molar refractivity (Wildman–Crippen MR) is 45.9 cm³/mol. The molecule has 0 saturated heterocycles. The smallest absolute Gasteiger partial charge is 0.0503 e. The Morgan fingerprint density at radius 2 is 2.27 bits per heavy atom. The monoisotopic (exact) mass is 151 g/mol. The molecule has 4 N–H and O–H groups in total. The summed E-state index contributed by atoms with van der Waals surface area (Å²) in [6.45, 7) is 2.04. The second kappa shape index (κ2) is 3.34. The van der Waals surface area contributed by atoms with E-state index in [0.717, 1.165) is 12.0 Å². The third-order valence-electron chi connectivity index (χ3n) is 1.65. The Morgan fingerprint density at radius 3 is 2.82 bits per heavy atom. The first-order chi connectivity index (χ1) is 5.24. The van der Waals surface area contributed by atoms with E-state index in [1.807, 2.05) is 13.0 Å². The Labute approximate surface area is 66.4 Å². The zero-order valence-corrected chi connectivity index (χ0v) is 6.62. The van der Waals surface area contributed by atoms with Gasteiger partial charge in [-0.3, -0.25) is 4.98 Å². The van der Waals surface area contributed by atoms with E-state index in [9.17, 15) is 0 Å². The lowest BCUT2D eigenvalue weighted by molar-refractivity contribution is 0.695. The molecular formula is C8H13N3. The van der Waals surface area contributed by atoms with Crippen molar-refractivity contribution in [3.05, 3.63) is 24.0 Å². The van der Waals surface area contributed by atoms with Crippen LogP contribution in [-0.2, 0) is 0 Å². The van der Waals surface area contributed by atoms with Crippen LogP contribution < -0.4 is 11.5 Å². The highest BCUT2D eigenvalue weighted by Gasteiger charge is 2.02. The summed E-state index contributed by atoms with van der Waals surface area (Å²) < 4.78 is 0. The summed E-state index contributed by atoms with van der Waals surface area (Å²) in [5.74, 6) is 0. The molecule has 1 aromatic rings. The fourth-order valence-electron chi connectivity index (χ4n) is 0.915. The van der Waals surface area contributed by atoms with Gasteiger partial charge in [0.1, 0.15) is 0 Å². The van der Waals surface area contributed by atoms with Gasteiger partial charge in [0.25, 0.3) is 0 Å². The number of nitrogen functional groups attached to an aromatic ring is 1. The van der Waals surface area contributed by atoms with Gasteiger partial charge in [-0.05, 0) is 18.1 Å². The van der Waals surface area contributed by atoms with Crippen molar-refractivity contribution < 1.29 is 0 Å². The van der Waals surface area contributed by atoms with Gasteiger partial charge in [-0.15, -0.1) is 0 Å². The number of hydrogen-bond donors (Lipinski definition) is 2. The molecule has 1 rings (SSSR count). The van der Waals surface area contributed by atoms with Crippen LogP contribution in [0.15, 0.2) is 18.5 Å². The Balaban J connectivity index is 2.86. The van der Waals surface area contributed by atoms with Crippen molar-refractivity contribution in [2.24, 2.45) is 5.73 Å². The van der Waals surface area contributed by atoms with Gasteiger partial charge in [0.2, 0.25) is 0 Å². The lowest BCUT2D eigenvalue weighted by Crippen LogP contribution is -2.09. The molecule has 0 spiro atoms. The summed E-state index contributed by atoms with van der Waals surface area (Å²) in [5.41, 5.74) is 13.0. The van der Waals surface area contributed by atoms with Crippen LogP contribution in [0.25, 0.3) is 0 Å². The van der Waals surface area contributed by atoms with Crippen LogP contribution in [0, 0.1) is 0 Å². The van der Waals surface area contributed by atoms with Crippen LogP contribution in [0.2, 0.25) is 0 Å². The molecule has 0 bridgehead atoms. The summed E-state index contributed by atoms with van der Waals surface area (Å²) in [7, 11) is 0. The molecule has 60 valence electrons. The fourth-order valence-corrected chi connectivity index (χ4v) is 0.915. The van der Waals surface area contributed by atoms with Gasteiger partial charge >= 0.3 is 0 Å². The van der Waals surface area contributed by atoms with Crippen molar-refractivity contribution in [2.75, 3.05) is 5.73 Å². The summed E-state index contributed by atoms with van der Waals surface area (Å²) in [4.78, 5) is 3.95. The standard InChI is InChI=1S/C8H13N3/c1-2-8(10)6-3-7(9)5-11-4-6/h3-5,8H,2,9-10H2,1H3. The molecule has 3 nitrogen and oxygen atoms in total. The molecule has 0 amide bonds. The van der Waals surface area contributed by atoms with Crippen molar-refractivity contribution in [3.63, 3.8) is 0 Å². The maximum atomic E-state index is 5.77. The minimum Gasteiger partial charge on any atom is -0.397 e. The van der Waals surface area contributed by atoms with E-state index >= 15 is 0 Å². The Kier molecular flexibility index (Phi) is 2.44. The first-order valence-corrected chi connectivity index (χ1v) is 3.70. The summed E-state index contributed by atoms with van der Waals surface area (Å²) >= 11 is 0. The average molecular weight is 151 g/mol. The van der Waals surface area contributed by atoms with Gasteiger partial charge in [-0.2, -0.15) is 0 Å². The molecule has 1 atom stereocenters. The summed E-state index contributed by atoms with van der Waals surface area (Å²) in [6.07, 6.45) is 4.28. The Morgan fingerprint density at radius 1 is 1.55 bits per heavy atom. The molecule has 1 unspecified atom stereocenters. The summed E-state index contributed by atoms with van der Waals surface area (Å²) in [5, 5.41) is 0. The largest absolute Gasteiger partial charge is 0.397 e. The first-order valence-electron chi connectivity index (χ1n) is 3.70. The minimum absolute atomic E-state index is 0.0611. The van der Waals surface area contributed by atoms with E-state index in [2.05, 4.69) is 4.98 Å². The van der Waals surface area contributed by atoms with E-state index in [0.29, 0.717) is 5.69 Å². The molecule has 3 heteroatoms. The fraction of sp³-hybridized carbons (Fsp3) is 0.375. The van der Waals surface area contributed by atoms with Gasteiger partial charge in [0.15, 0.2) is 0 Å². The van der Waals surface area contributed by atoms with Crippen molar-refractivity contribution in [1.82, 2.24) is 4.98 Å². The maximum absolute atomic E-state index is 5.77. The van der Waals surface area contributed by atoms with Crippen molar-refractivity contribution in [3.8, 4) is 0 Å². The molecule has 0 aliphatic rings. The first kappa shape index (κ1) is 8.01. The second-order valence-electron chi connectivity index (χ2n) is 2.57. The minimum atomic E-state index is 0.0611. The molecule has 1 aromatic heterocycles. The van der Waals surface area contributed by atoms with Crippen LogP contribution in [0.5, 0.6) is 0 Å². The summed E-state index contributed by atoms with van der Waals surface area (Å²) in [6, 6.07) is 1.92. The number of nitrogens with two attached hydrogens (primary N) is 2. The van der Waals surface area contributed by atoms with E-state index in [1.54, 1.807) is 12.4 Å². The SMILES string of the molecule is CCC(N)c1cncc(N)c1. The number of nitrogens with zero attached hydrogens (tertiary/aromatic N) is 1. The van der Waals surface area contributed by atoms with Gasteiger partial charge in [0, 0.05) is 18.4 Å². The van der Waals surface area contributed by atoms with Gasteiger partial charge in [0.05, 0.1) is 5.69 Å². The quantitative estimate of drug-likeness (QED) is 0.664. The van der Waals surface area contributed by atoms with Gasteiger partial charge in [-0.1, -0.05) is 6.92 Å². The van der Waals surface area contributed by atoms with Crippen LogP contribution in [-0.4, -0.2) is 4.98 Å². The second-order valence-corrected chi connectivity index (χ2v) is 2.57. The number of hydrogen-bond acceptors (Lipinski definition) is 3. The van der Waals surface area contributed by atoms with Gasteiger partial charge < -0.3 is 11.5 Å². The lowest BCUT2D eigenvalue weighted by atomic mass is 10.1. The highest BCUT2D eigenvalue weighted by Crippen LogP contribution is 2.13. The number of aromatic nitrogens is 1. The maximum Gasteiger partial charge on any atom is 0.0503 e. The van der Waals surface area contributed by atoms with Crippen molar-refractivity contribution >= 4 is 5.69 Å². The third-order valence-corrected chi connectivity index (χ3v) is 1.65. The molecule has 0 saturated carbocycles. The van der Waals surface area contributed by atoms with E-state index in [4.69, 9.17) is 11.5 Å². The van der Waals surface area contributed by atoms with Crippen molar-refractivity contribution in [2.45, 2.75) is 19.4 Å². The molecule has 0 aliphatic carbocycles. The number of pyridine rings is 1. The highest BCUT2D eigenvalue weighted by atomic mass is 14.7. The lowest BCUT2D eigenvalue weighted by Gasteiger charge is -2.07. The topological polar surface area (TPSA) is 64.9 Å². The molecule has 1 heterocycles.